The number of benzene rings is 1. The highest BCUT2D eigenvalue weighted by molar-refractivity contribution is 7.89. The van der Waals surface area contributed by atoms with Gasteiger partial charge in [0.2, 0.25) is 10.0 Å². The lowest BCUT2D eigenvalue weighted by molar-refractivity contribution is -0.917. The zero-order chi connectivity index (χ0) is 19.1. The SMILES string of the molecule is Cc1c(C)c(C)c(S(=O)(=O)N2CC[NH+]([C@H](C)C(N)=O)CC2)c(C)c1C. The van der Waals surface area contributed by atoms with Crippen LogP contribution in [0.15, 0.2) is 4.90 Å². The van der Waals surface area contributed by atoms with Crippen LogP contribution in [0.1, 0.15) is 34.7 Å². The lowest BCUT2D eigenvalue weighted by Crippen LogP contribution is -3.19. The van der Waals surface area contributed by atoms with Crippen LogP contribution in [0.2, 0.25) is 0 Å². The van der Waals surface area contributed by atoms with E-state index in [0.29, 0.717) is 31.1 Å². The van der Waals surface area contributed by atoms with Gasteiger partial charge >= 0.3 is 0 Å². The molecule has 3 N–H and O–H groups in total. The minimum absolute atomic E-state index is 0.294. The molecule has 1 atom stereocenters. The summed E-state index contributed by atoms with van der Waals surface area (Å²) in [4.78, 5) is 12.9. The number of piperazine rings is 1. The first-order valence-corrected chi connectivity index (χ1v) is 10.1. The molecule has 25 heavy (non-hydrogen) atoms. The van der Waals surface area contributed by atoms with Crippen molar-refractivity contribution in [1.29, 1.82) is 0 Å². The largest absolute Gasteiger partial charge is 0.365 e. The van der Waals surface area contributed by atoms with Crippen LogP contribution in [0.5, 0.6) is 0 Å². The molecule has 7 heteroatoms. The third-order valence-corrected chi connectivity index (χ3v) is 8.11. The highest BCUT2D eigenvalue weighted by atomic mass is 32.2. The number of quaternary nitrogens is 1. The van der Waals surface area contributed by atoms with E-state index < -0.39 is 10.0 Å². The van der Waals surface area contributed by atoms with E-state index in [0.717, 1.165) is 32.7 Å². The predicted molar refractivity (Wildman–Crippen MR) is 98.2 cm³/mol. The molecule has 2 rings (SSSR count). The maximum atomic E-state index is 13.3. The van der Waals surface area contributed by atoms with Crippen LogP contribution in [0, 0.1) is 34.6 Å². The molecule has 1 aliphatic rings. The Morgan fingerprint density at radius 3 is 1.76 bits per heavy atom. The van der Waals surface area contributed by atoms with Crippen molar-refractivity contribution in [1.82, 2.24) is 4.31 Å². The summed E-state index contributed by atoms with van der Waals surface area (Å²) in [5.74, 6) is -0.345. The topological polar surface area (TPSA) is 84.9 Å². The number of nitrogens with two attached hydrogens (primary N) is 1. The minimum atomic E-state index is -3.55. The molecule has 1 heterocycles. The molecule has 0 spiro atoms. The van der Waals surface area contributed by atoms with Gasteiger partial charge in [-0.25, -0.2) is 8.42 Å². The van der Waals surface area contributed by atoms with E-state index in [1.807, 2.05) is 34.6 Å². The monoisotopic (exact) mass is 368 g/mol. The molecule has 6 nitrogen and oxygen atoms in total. The Balaban J connectivity index is 2.35. The molecule has 1 aliphatic heterocycles. The van der Waals surface area contributed by atoms with Gasteiger partial charge < -0.3 is 10.6 Å². The van der Waals surface area contributed by atoms with Crippen LogP contribution in [0.3, 0.4) is 0 Å². The fraction of sp³-hybridized carbons (Fsp3) is 0.611. The van der Waals surface area contributed by atoms with Crippen molar-refractivity contribution < 1.29 is 18.1 Å². The van der Waals surface area contributed by atoms with Crippen molar-refractivity contribution in [3.63, 3.8) is 0 Å². The van der Waals surface area contributed by atoms with E-state index in [1.54, 1.807) is 11.2 Å². The van der Waals surface area contributed by atoms with E-state index in [1.165, 1.54) is 0 Å². The summed E-state index contributed by atoms with van der Waals surface area (Å²) < 4.78 is 28.1. The van der Waals surface area contributed by atoms with Crippen molar-refractivity contribution in [3.8, 4) is 0 Å². The first-order chi connectivity index (χ1) is 11.5. The van der Waals surface area contributed by atoms with Gasteiger partial charge in [-0.05, 0) is 69.4 Å². The average Bonchev–Trinajstić information content (AvgIpc) is 2.57. The number of hydrogen-bond acceptors (Lipinski definition) is 3. The third kappa shape index (κ3) is 3.45. The van der Waals surface area contributed by atoms with Gasteiger partial charge in [0.1, 0.15) is 0 Å². The molecule has 0 unspecified atom stereocenters. The fourth-order valence-corrected chi connectivity index (χ4v) is 5.63. The molecule has 1 aromatic carbocycles. The number of primary amides is 1. The second-order valence-corrected chi connectivity index (χ2v) is 9.02. The smallest absolute Gasteiger partial charge is 0.275 e. The number of nitrogens with zero attached hydrogens (tertiary/aromatic N) is 1. The average molecular weight is 369 g/mol. The Morgan fingerprint density at radius 2 is 1.36 bits per heavy atom. The molecule has 1 saturated heterocycles. The van der Waals surface area contributed by atoms with E-state index in [4.69, 9.17) is 5.73 Å². The number of hydrogen-bond donors (Lipinski definition) is 2. The van der Waals surface area contributed by atoms with Gasteiger partial charge in [-0.15, -0.1) is 0 Å². The molecular formula is C18H30N3O3S+. The zero-order valence-electron chi connectivity index (χ0n) is 16.1. The minimum Gasteiger partial charge on any atom is -0.365 e. The first-order valence-electron chi connectivity index (χ1n) is 8.71. The molecule has 1 fully saturated rings. The van der Waals surface area contributed by atoms with Gasteiger partial charge in [-0.3, -0.25) is 4.79 Å². The summed E-state index contributed by atoms with van der Waals surface area (Å²) in [6.07, 6.45) is 0. The van der Waals surface area contributed by atoms with Crippen LogP contribution in [-0.4, -0.2) is 50.9 Å². The Bertz CT molecular complexity index is 765. The van der Waals surface area contributed by atoms with E-state index in [9.17, 15) is 13.2 Å². The molecule has 0 bridgehead atoms. The Kier molecular flexibility index (Phi) is 5.61. The Morgan fingerprint density at radius 1 is 0.960 bits per heavy atom. The number of amides is 1. The van der Waals surface area contributed by atoms with Gasteiger partial charge in [0.15, 0.2) is 6.04 Å². The van der Waals surface area contributed by atoms with Crippen LogP contribution in [0.25, 0.3) is 0 Å². The number of sulfonamides is 1. The molecule has 1 amide bonds. The molecule has 0 aliphatic carbocycles. The second kappa shape index (κ2) is 7.05. The number of rotatable bonds is 4. The highest BCUT2D eigenvalue weighted by Crippen LogP contribution is 2.31. The van der Waals surface area contributed by atoms with Gasteiger partial charge in [0.05, 0.1) is 31.1 Å². The molecule has 1 aromatic rings. The fourth-order valence-electron chi connectivity index (χ4n) is 3.63. The summed E-state index contributed by atoms with van der Waals surface area (Å²) in [6.45, 7) is 13.5. The summed E-state index contributed by atoms with van der Waals surface area (Å²) in [7, 11) is -3.55. The zero-order valence-corrected chi connectivity index (χ0v) is 16.9. The maximum Gasteiger partial charge on any atom is 0.275 e. The lowest BCUT2D eigenvalue weighted by Gasteiger charge is -2.34. The van der Waals surface area contributed by atoms with Gasteiger partial charge in [-0.1, -0.05) is 0 Å². The Hall–Kier alpha value is -1.44. The summed E-state index contributed by atoms with van der Waals surface area (Å²) in [5.41, 5.74) is 10.3. The van der Waals surface area contributed by atoms with Crippen LogP contribution < -0.4 is 10.6 Å². The van der Waals surface area contributed by atoms with Crippen LogP contribution >= 0.6 is 0 Å². The molecule has 0 aromatic heterocycles. The van der Waals surface area contributed by atoms with Crippen molar-refractivity contribution in [2.45, 2.75) is 52.5 Å². The summed E-state index contributed by atoms with van der Waals surface area (Å²) in [5, 5.41) is 0. The van der Waals surface area contributed by atoms with E-state index in [-0.39, 0.29) is 11.9 Å². The van der Waals surface area contributed by atoms with E-state index in [2.05, 4.69) is 0 Å². The highest BCUT2D eigenvalue weighted by Gasteiger charge is 2.35. The van der Waals surface area contributed by atoms with Crippen molar-refractivity contribution in [3.05, 3.63) is 27.8 Å². The van der Waals surface area contributed by atoms with Gasteiger partial charge in [0.25, 0.3) is 5.91 Å². The maximum absolute atomic E-state index is 13.3. The normalized spacial score (nSPS) is 18.3. The second-order valence-electron chi connectivity index (χ2n) is 7.14. The van der Waals surface area contributed by atoms with Gasteiger partial charge in [-0.2, -0.15) is 4.31 Å². The third-order valence-electron chi connectivity index (χ3n) is 5.93. The molecule has 0 saturated carbocycles. The lowest BCUT2D eigenvalue weighted by atomic mass is 9.95. The summed E-state index contributed by atoms with van der Waals surface area (Å²) >= 11 is 0. The predicted octanol–water partition coefficient (Wildman–Crippen LogP) is -0.00830. The van der Waals surface area contributed by atoms with Gasteiger partial charge in [0, 0.05) is 0 Å². The quantitative estimate of drug-likeness (QED) is 0.784. The molecule has 0 radical (unpaired) electrons. The number of nitrogens with one attached hydrogen (secondary N) is 1. The number of carbonyl (C=O) groups is 1. The Labute approximate surface area is 151 Å². The van der Waals surface area contributed by atoms with Crippen LogP contribution in [-0.2, 0) is 14.8 Å². The summed E-state index contributed by atoms with van der Waals surface area (Å²) in [6, 6.07) is -0.294. The standard InChI is InChI=1S/C18H29N3O3S/c1-11-12(2)14(4)17(15(5)13(11)3)25(23,24)21-9-7-20(8-10-21)16(6)18(19)22/h16H,7-10H2,1-6H3,(H2,19,22)/p+1/t16-/m1/s1. The van der Waals surface area contributed by atoms with Crippen molar-refractivity contribution >= 4 is 15.9 Å². The molecule has 140 valence electrons. The van der Waals surface area contributed by atoms with E-state index >= 15 is 0 Å². The first kappa shape index (κ1) is 19.9. The van der Waals surface area contributed by atoms with Crippen LogP contribution in [0.4, 0.5) is 0 Å². The van der Waals surface area contributed by atoms with Crippen molar-refractivity contribution in [2.24, 2.45) is 5.73 Å². The van der Waals surface area contributed by atoms with Crippen molar-refractivity contribution in [2.75, 3.05) is 26.2 Å². The molecular weight excluding hydrogens is 338 g/mol. The number of carbonyl (C=O) groups excluding carboxylic acids is 1.